The fourth-order valence-corrected chi connectivity index (χ4v) is 1.55. The molecule has 0 aromatic carbocycles. The quantitative estimate of drug-likeness (QED) is 0.822. The van der Waals surface area contributed by atoms with Crippen molar-refractivity contribution >= 4 is 0 Å². The molecule has 104 valence electrons. The summed E-state index contributed by atoms with van der Waals surface area (Å²) in [5, 5.41) is 15.6. The molecule has 0 amide bonds. The Morgan fingerprint density at radius 3 is 2.56 bits per heavy atom. The second kappa shape index (κ2) is 5.71. The summed E-state index contributed by atoms with van der Waals surface area (Å²) < 4.78 is 38.2. The van der Waals surface area contributed by atoms with E-state index in [1.54, 1.807) is 7.05 Å². The van der Waals surface area contributed by atoms with Gasteiger partial charge >= 0.3 is 6.18 Å². The SMILES string of the molecule is CNC(C)(CO)CCCn1ccc(C(F)(F)F)n1. The first-order valence-corrected chi connectivity index (χ1v) is 5.71. The third-order valence-electron chi connectivity index (χ3n) is 3.00. The highest BCUT2D eigenvalue weighted by atomic mass is 19.4. The molecule has 0 aliphatic heterocycles. The first-order valence-electron chi connectivity index (χ1n) is 5.71. The molecular formula is C11H18F3N3O. The maximum Gasteiger partial charge on any atom is 0.435 e. The molecule has 1 atom stereocenters. The van der Waals surface area contributed by atoms with E-state index in [2.05, 4.69) is 10.4 Å². The van der Waals surface area contributed by atoms with E-state index in [9.17, 15) is 13.2 Å². The predicted molar refractivity (Wildman–Crippen MR) is 61.0 cm³/mol. The van der Waals surface area contributed by atoms with Crippen LogP contribution in [0.2, 0.25) is 0 Å². The molecule has 0 radical (unpaired) electrons. The molecule has 1 aromatic heterocycles. The molecule has 0 bridgehead atoms. The van der Waals surface area contributed by atoms with Gasteiger partial charge in [-0.1, -0.05) is 0 Å². The summed E-state index contributed by atoms with van der Waals surface area (Å²) >= 11 is 0. The van der Waals surface area contributed by atoms with Gasteiger partial charge in [0.25, 0.3) is 0 Å². The van der Waals surface area contributed by atoms with E-state index in [-0.39, 0.29) is 6.61 Å². The summed E-state index contributed by atoms with van der Waals surface area (Å²) in [6.45, 7) is 2.24. The molecule has 1 aromatic rings. The second-order valence-electron chi connectivity index (χ2n) is 4.53. The van der Waals surface area contributed by atoms with Crippen LogP contribution in [0.1, 0.15) is 25.5 Å². The predicted octanol–water partition coefficient (Wildman–Crippen LogP) is 1.65. The van der Waals surface area contributed by atoms with Crippen LogP contribution >= 0.6 is 0 Å². The Labute approximate surface area is 104 Å². The zero-order valence-electron chi connectivity index (χ0n) is 10.5. The van der Waals surface area contributed by atoms with Crippen molar-refractivity contribution in [1.82, 2.24) is 15.1 Å². The van der Waals surface area contributed by atoms with Crippen molar-refractivity contribution in [3.8, 4) is 0 Å². The number of nitrogens with zero attached hydrogens (tertiary/aromatic N) is 2. The second-order valence-corrected chi connectivity index (χ2v) is 4.53. The molecule has 4 nitrogen and oxygen atoms in total. The number of hydrogen-bond donors (Lipinski definition) is 2. The van der Waals surface area contributed by atoms with Gasteiger partial charge in [-0.2, -0.15) is 18.3 Å². The number of alkyl halides is 3. The van der Waals surface area contributed by atoms with Crippen molar-refractivity contribution in [3.63, 3.8) is 0 Å². The number of aliphatic hydroxyl groups is 1. The highest BCUT2D eigenvalue weighted by Crippen LogP contribution is 2.27. The van der Waals surface area contributed by atoms with Gasteiger partial charge in [-0.05, 0) is 32.9 Å². The van der Waals surface area contributed by atoms with E-state index >= 15 is 0 Å². The summed E-state index contributed by atoms with van der Waals surface area (Å²) in [6, 6.07) is 0.962. The van der Waals surface area contributed by atoms with Gasteiger partial charge in [0.15, 0.2) is 5.69 Å². The smallest absolute Gasteiger partial charge is 0.394 e. The normalized spacial score (nSPS) is 15.7. The average Bonchev–Trinajstić information content (AvgIpc) is 2.77. The molecular weight excluding hydrogens is 247 g/mol. The van der Waals surface area contributed by atoms with E-state index in [4.69, 9.17) is 5.11 Å². The number of rotatable bonds is 6. The summed E-state index contributed by atoms with van der Waals surface area (Å²) in [5.74, 6) is 0. The van der Waals surface area contributed by atoms with Crippen molar-refractivity contribution in [3.05, 3.63) is 18.0 Å². The first kappa shape index (κ1) is 15.0. The molecule has 0 aliphatic carbocycles. The van der Waals surface area contributed by atoms with Crippen LogP contribution in [0.5, 0.6) is 0 Å². The van der Waals surface area contributed by atoms with Crippen molar-refractivity contribution in [2.75, 3.05) is 13.7 Å². The molecule has 1 heterocycles. The highest BCUT2D eigenvalue weighted by molar-refractivity contribution is 5.03. The molecule has 1 unspecified atom stereocenters. The monoisotopic (exact) mass is 265 g/mol. The van der Waals surface area contributed by atoms with Crippen LogP contribution in [0.25, 0.3) is 0 Å². The van der Waals surface area contributed by atoms with Crippen LogP contribution < -0.4 is 5.32 Å². The largest absolute Gasteiger partial charge is 0.435 e. The zero-order chi connectivity index (χ0) is 13.8. The molecule has 0 fully saturated rings. The van der Waals surface area contributed by atoms with Crippen LogP contribution in [-0.4, -0.2) is 34.1 Å². The summed E-state index contributed by atoms with van der Waals surface area (Å²) in [4.78, 5) is 0. The number of hydrogen-bond acceptors (Lipinski definition) is 3. The Morgan fingerprint density at radius 1 is 1.44 bits per heavy atom. The lowest BCUT2D eigenvalue weighted by Gasteiger charge is -2.26. The standard InChI is InChI=1S/C11H18F3N3O/c1-10(8-18,15-2)5-3-6-17-7-4-9(16-17)11(12,13)14/h4,7,15,18H,3,5-6,8H2,1-2H3. The van der Waals surface area contributed by atoms with Crippen LogP contribution in [0.3, 0.4) is 0 Å². The van der Waals surface area contributed by atoms with Crippen molar-refractivity contribution in [2.45, 2.75) is 38.0 Å². The van der Waals surface area contributed by atoms with Crippen molar-refractivity contribution in [1.29, 1.82) is 0 Å². The number of likely N-dealkylation sites (N-methyl/N-ethyl adjacent to an activating group) is 1. The Balaban J connectivity index is 2.48. The molecule has 18 heavy (non-hydrogen) atoms. The van der Waals surface area contributed by atoms with E-state index in [1.165, 1.54) is 10.9 Å². The Bertz CT molecular complexity index is 372. The van der Waals surface area contributed by atoms with Crippen LogP contribution in [0, 0.1) is 0 Å². The minimum atomic E-state index is -4.39. The number of aryl methyl sites for hydroxylation is 1. The molecule has 0 saturated heterocycles. The Morgan fingerprint density at radius 2 is 2.11 bits per heavy atom. The van der Waals surface area contributed by atoms with Crippen molar-refractivity contribution < 1.29 is 18.3 Å². The summed E-state index contributed by atoms with van der Waals surface area (Å²) in [5.41, 5.74) is -1.28. The van der Waals surface area contributed by atoms with Gasteiger partial charge in [-0.15, -0.1) is 0 Å². The molecule has 7 heteroatoms. The first-order chi connectivity index (χ1) is 8.30. The third kappa shape index (κ3) is 3.99. The van der Waals surface area contributed by atoms with Crippen LogP contribution in [0.15, 0.2) is 12.3 Å². The lowest BCUT2D eigenvalue weighted by Crippen LogP contribution is -2.43. The lowest BCUT2D eigenvalue weighted by molar-refractivity contribution is -0.141. The molecule has 1 rings (SSSR count). The third-order valence-corrected chi connectivity index (χ3v) is 3.00. The van der Waals surface area contributed by atoms with E-state index < -0.39 is 17.4 Å². The van der Waals surface area contributed by atoms with Crippen LogP contribution in [0.4, 0.5) is 13.2 Å². The Hall–Kier alpha value is -1.08. The molecule has 0 aliphatic rings. The number of halogens is 3. The van der Waals surface area contributed by atoms with E-state index in [0.29, 0.717) is 19.4 Å². The summed E-state index contributed by atoms with van der Waals surface area (Å²) in [7, 11) is 1.74. The minimum absolute atomic E-state index is 0.0175. The van der Waals surface area contributed by atoms with Gasteiger partial charge < -0.3 is 10.4 Å². The van der Waals surface area contributed by atoms with E-state index in [1.807, 2.05) is 6.92 Å². The average molecular weight is 265 g/mol. The molecule has 0 spiro atoms. The zero-order valence-corrected chi connectivity index (χ0v) is 10.5. The maximum absolute atomic E-state index is 12.3. The highest BCUT2D eigenvalue weighted by Gasteiger charge is 2.33. The Kier molecular flexibility index (Phi) is 4.75. The van der Waals surface area contributed by atoms with Gasteiger partial charge in [0.2, 0.25) is 0 Å². The summed E-state index contributed by atoms with van der Waals surface area (Å²) in [6.07, 6.45) is -1.79. The molecule has 0 saturated carbocycles. The number of aliphatic hydroxyl groups excluding tert-OH is 1. The number of aromatic nitrogens is 2. The minimum Gasteiger partial charge on any atom is -0.394 e. The topological polar surface area (TPSA) is 50.1 Å². The number of nitrogens with one attached hydrogen (secondary N) is 1. The van der Waals surface area contributed by atoms with Gasteiger partial charge in [-0.25, -0.2) is 0 Å². The van der Waals surface area contributed by atoms with Crippen LogP contribution in [-0.2, 0) is 12.7 Å². The molecule has 2 N–H and O–H groups in total. The van der Waals surface area contributed by atoms with Gasteiger partial charge in [0.1, 0.15) is 0 Å². The van der Waals surface area contributed by atoms with E-state index in [0.717, 1.165) is 6.07 Å². The van der Waals surface area contributed by atoms with Gasteiger partial charge in [0, 0.05) is 18.3 Å². The fraction of sp³-hybridized carbons (Fsp3) is 0.727. The fourth-order valence-electron chi connectivity index (χ4n) is 1.55. The van der Waals surface area contributed by atoms with Crippen molar-refractivity contribution in [2.24, 2.45) is 0 Å². The van der Waals surface area contributed by atoms with Gasteiger partial charge in [0.05, 0.1) is 6.61 Å². The van der Waals surface area contributed by atoms with Gasteiger partial charge in [-0.3, -0.25) is 4.68 Å². The maximum atomic E-state index is 12.3. The lowest BCUT2D eigenvalue weighted by atomic mass is 9.97.